The number of unbranched alkanes of at least 4 members (excludes halogenated alkanes) is 2. The lowest BCUT2D eigenvalue weighted by Crippen LogP contribution is -2.51. The number of amides is 4. The molecule has 0 unspecified atom stereocenters. The van der Waals surface area contributed by atoms with E-state index in [0.717, 1.165) is 60.9 Å². The van der Waals surface area contributed by atoms with E-state index in [9.17, 15) is 19.2 Å². The molecule has 4 rings (SSSR count). The van der Waals surface area contributed by atoms with E-state index in [-0.39, 0.29) is 30.7 Å². The van der Waals surface area contributed by atoms with Crippen molar-refractivity contribution < 1.29 is 23.9 Å². The third kappa shape index (κ3) is 7.59. The van der Waals surface area contributed by atoms with Gasteiger partial charge in [0, 0.05) is 25.7 Å². The van der Waals surface area contributed by atoms with Gasteiger partial charge in [-0.25, -0.2) is 0 Å². The molecule has 39 heavy (non-hydrogen) atoms. The van der Waals surface area contributed by atoms with Gasteiger partial charge in [0.25, 0.3) is 0 Å². The average Bonchev–Trinajstić information content (AvgIpc) is 3.22. The number of hydrogen-bond donors (Lipinski definition) is 3. The van der Waals surface area contributed by atoms with Crippen LogP contribution in [-0.2, 0) is 38.4 Å². The summed E-state index contributed by atoms with van der Waals surface area (Å²) in [5, 5.41) is 3.04. The van der Waals surface area contributed by atoms with E-state index in [1.807, 2.05) is 42.5 Å². The van der Waals surface area contributed by atoms with E-state index in [0.29, 0.717) is 31.4 Å². The van der Waals surface area contributed by atoms with Crippen molar-refractivity contribution >= 4 is 29.3 Å². The van der Waals surface area contributed by atoms with Crippen molar-refractivity contribution in [2.45, 2.75) is 82.7 Å². The molecule has 0 fully saturated rings. The fourth-order valence-electron chi connectivity index (χ4n) is 5.44. The molecule has 0 spiro atoms. The molecule has 4 amide bonds. The van der Waals surface area contributed by atoms with E-state index in [2.05, 4.69) is 5.32 Å². The van der Waals surface area contributed by atoms with Gasteiger partial charge in [0.05, 0.1) is 11.7 Å². The molecule has 208 valence electrons. The van der Waals surface area contributed by atoms with Gasteiger partial charge in [-0.2, -0.15) is 0 Å². The number of ether oxygens (including phenoxy) is 1. The number of carbonyl (C=O) groups is 4. The van der Waals surface area contributed by atoms with E-state index in [1.54, 1.807) is 4.90 Å². The van der Waals surface area contributed by atoms with Gasteiger partial charge in [0.2, 0.25) is 23.6 Å². The zero-order valence-corrected chi connectivity index (χ0v) is 22.3. The number of hydrogen-bond acceptors (Lipinski definition) is 5. The molecule has 0 bridgehead atoms. The average molecular weight is 535 g/mol. The number of aryl methyl sites for hydroxylation is 2. The number of carbonyl (C=O) groups excluding carboxylic acids is 4. The number of para-hydroxylation sites is 1. The number of primary amides is 2. The first-order valence-electron chi connectivity index (χ1n) is 13.8. The zero-order valence-electron chi connectivity index (χ0n) is 22.3. The molecule has 0 radical (unpaired) electrons. The summed E-state index contributed by atoms with van der Waals surface area (Å²) in [6.07, 6.45) is 6.80. The quantitative estimate of drug-likeness (QED) is 0.319. The molecule has 2 aromatic carbocycles. The summed E-state index contributed by atoms with van der Waals surface area (Å²) < 4.78 is 6.04. The maximum atomic E-state index is 13.5. The van der Waals surface area contributed by atoms with Gasteiger partial charge >= 0.3 is 0 Å². The summed E-state index contributed by atoms with van der Waals surface area (Å²) in [6.45, 7) is 0.167. The molecule has 0 aliphatic carbocycles. The number of rotatable bonds is 14. The van der Waals surface area contributed by atoms with Crippen molar-refractivity contribution in [1.29, 1.82) is 0 Å². The topological polar surface area (TPSA) is 145 Å². The molecule has 0 aromatic heterocycles. The second-order valence-corrected chi connectivity index (χ2v) is 10.5. The lowest BCUT2D eigenvalue weighted by atomic mass is 10.0. The number of nitrogens with zero attached hydrogens (tertiary/aromatic N) is 1. The molecule has 2 atom stereocenters. The first-order valence-corrected chi connectivity index (χ1v) is 13.8. The summed E-state index contributed by atoms with van der Waals surface area (Å²) in [4.78, 5) is 50.6. The Balaban J connectivity index is 1.38. The van der Waals surface area contributed by atoms with E-state index >= 15 is 0 Å². The Hall–Kier alpha value is -3.88. The van der Waals surface area contributed by atoms with Crippen LogP contribution in [0.25, 0.3) is 0 Å². The monoisotopic (exact) mass is 534 g/mol. The van der Waals surface area contributed by atoms with E-state index in [4.69, 9.17) is 16.2 Å². The SMILES string of the molecule is NC(=O)CCCCCc1cccc(OC[C@H](CCC(N)=O)NC(=O)[C@@H]2Cc3cccc4c3N2C(=O)CCC4)c1. The molecular weight excluding hydrogens is 496 g/mol. The second kappa shape index (κ2) is 13.3. The summed E-state index contributed by atoms with van der Waals surface area (Å²) in [5.41, 5.74) is 14.7. The van der Waals surface area contributed by atoms with Crippen LogP contribution in [-0.4, -0.2) is 42.3 Å². The Bertz CT molecular complexity index is 1210. The van der Waals surface area contributed by atoms with Gasteiger partial charge in [-0.3, -0.25) is 24.1 Å². The lowest BCUT2D eigenvalue weighted by molar-refractivity contribution is -0.127. The molecule has 2 aliphatic rings. The molecule has 9 nitrogen and oxygen atoms in total. The maximum Gasteiger partial charge on any atom is 0.243 e. The highest BCUT2D eigenvalue weighted by Gasteiger charge is 2.41. The van der Waals surface area contributed by atoms with Crippen molar-refractivity contribution in [1.82, 2.24) is 5.32 Å². The molecule has 0 saturated heterocycles. The first kappa shape index (κ1) is 28.1. The Morgan fingerprint density at radius 1 is 0.974 bits per heavy atom. The normalized spacial score (nSPS) is 16.8. The maximum absolute atomic E-state index is 13.5. The highest BCUT2D eigenvalue weighted by molar-refractivity contribution is 6.04. The first-order chi connectivity index (χ1) is 18.8. The predicted molar refractivity (Wildman–Crippen MR) is 148 cm³/mol. The van der Waals surface area contributed by atoms with E-state index < -0.39 is 18.0 Å². The van der Waals surface area contributed by atoms with Gasteiger partial charge in [0.15, 0.2) is 0 Å². The van der Waals surface area contributed by atoms with Gasteiger partial charge in [-0.05, 0) is 67.3 Å². The largest absolute Gasteiger partial charge is 0.491 e. The molecule has 2 heterocycles. The Morgan fingerprint density at radius 3 is 2.54 bits per heavy atom. The van der Waals surface area contributed by atoms with Crippen LogP contribution in [0.1, 0.15) is 68.1 Å². The molecule has 2 aromatic rings. The summed E-state index contributed by atoms with van der Waals surface area (Å²) >= 11 is 0. The van der Waals surface area contributed by atoms with Gasteiger partial charge < -0.3 is 21.5 Å². The smallest absolute Gasteiger partial charge is 0.243 e. The van der Waals surface area contributed by atoms with Crippen molar-refractivity contribution in [2.24, 2.45) is 11.5 Å². The highest BCUT2D eigenvalue weighted by atomic mass is 16.5. The van der Waals surface area contributed by atoms with Crippen molar-refractivity contribution in [2.75, 3.05) is 11.5 Å². The van der Waals surface area contributed by atoms with E-state index in [1.165, 1.54) is 0 Å². The Kier molecular flexibility index (Phi) is 9.57. The van der Waals surface area contributed by atoms with Gasteiger partial charge in [-0.15, -0.1) is 0 Å². The molecule has 9 heteroatoms. The summed E-state index contributed by atoms with van der Waals surface area (Å²) in [7, 11) is 0. The standard InChI is InChI=1S/C30H38N4O5/c31-26(35)13-3-1-2-7-20-8-4-12-24(17-20)39-19-23(15-16-27(32)36)33-30(38)25-18-22-11-5-9-21-10-6-14-28(37)34(25)29(21)22/h4-5,8-9,11-12,17,23,25H,1-3,6-7,10,13-16,18-19H2,(H2,31,35)(H2,32,36)(H,33,38)/t23-,25-/m0/s1. The number of anilines is 1. The van der Waals surface area contributed by atoms with Crippen LogP contribution in [0.2, 0.25) is 0 Å². The number of benzene rings is 2. The molecule has 5 N–H and O–H groups in total. The Labute approximate surface area is 229 Å². The zero-order chi connectivity index (χ0) is 27.8. The minimum atomic E-state index is -0.624. The third-order valence-corrected chi connectivity index (χ3v) is 7.40. The van der Waals surface area contributed by atoms with Crippen LogP contribution in [0.5, 0.6) is 5.75 Å². The van der Waals surface area contributed by atoms with Crippen molar-refractivity contribution in [3.05, 3.63) is 59.2 Å². The minimum absolute atomic E-state index is 0.0322. The molecular formula is C30H38N4O5. The minimum Gasteiger partial charge on any atom is -0.491 e. The fraction of sp³-hybridized carbons (Fsp3) is 0.467. The highest BCUT2D eigenvalue weighted by Crippen LogP contribution is 2.39. The summed E-state index contributed by atoms with van der Waals surface area (Å²) in [5.74, 6) is -0.342. The van der Waals surface area contributed by atoms with Crippen LogP contribution >= 0.6 is 0 Å². The van der Waals surface area contributed by atoms with Crippen LogP contribution < -0.4 is 26.4 Å². The second-order valence-electron chi connectivity index (χ2n) is 10.5. The van der Waals surface area contributed by atoms with Crippen molar-refractivity contribution in [3.63, 3.8) is 0 Å². The number of nitrogens with two attached hydrogens (primary N) is 2. The molecule has 2 aliphatic heterocycles. The van der Waals surface area contributed by atoms with Crippen molar-refractivity contribution in [3.8, 4) is 5.75 Å². The summed E-state index contributed by atoms with van der Waals surface area (Å²) in [6, 6.07) is 12.7. The fourth-order valence-corrected chi connectivity index (χ4v) is 5.44. The Morgan fingerprint density at radius 2 is 1.74 bits per heavy atom. The molecule has 0 saturated carbocycles. The number of nitrogens with one attached hydrogen (secondary N) is 1. The third-order valence-electron chi connectivity index (χ3n) is 7.40. The van der Waals surface area contributed by atoms with Crippen LogP contribution in [0, 0.1) is 0 Å². The van der Waals surface area contributed by atoms with Gasteiger partial charge in [0.1, 0.15) is 18.4 Å². The predicted octanol–water partition coefficient (Wildman–Crippen LogP) is 2.70. The lowest BCUT2D eigenvalue weighted by Gasteiger charge is -2.27. The van der Waals surface area contributed by atoms with Crippen LogP contribution in [0.4, 0.5) is 5.69 Å². The van der Waals surface area contributed by atoms with Crippen LogP contribution in [0.15, 0.2) is 42.5 Å². The van der Waals surface area contributed by atoms with Gasteiger partial charge in [-0.1, -0.05) is 36.8 Å². The van der Waals surface area contributed by atoms with Crippen LogP contribution in [0.3, 0.4) is 0 Å².